The highest BCUT2D eigenvalue weighted by Gasteiger charge is 2.20. The number of hydrogen-bond acceptors (Lipinski definition) is 7. The number of amides is 1. The zero-order valence-corrected chi connectivity index (χ0v) is 25.4. The number of fused-ring (bicyclic) bond motifs is 1. The number of phenols is 1. The van der Waals surface area contributed by atoms with Gasteiger partial charge in [-0.1, -0.05) is 41.9 Å². The van der Waals surface area contributed by atoms with Crippen LogP contribution in [0.4, 0.5) is 0 Å². The summed E-state index contributed by atoms with van der Waals surface area (Å²) in [5.41, 5.74) is 4.91. The van der Waals surface area contributed by atoms with Crippen molar-refractivity contribution in [3.8, 4) is 11.5 Å². The number of aromatic nitrogens is 1. The van der Waals surface area contributed by atoms with Crippen LogP contribution in [-0.4, -0.2) is 51.8 Å². The Labute approximate surface area is 245 Å². The second kappa shape index (κ2) is 16.6. The summed E-state index contributed by atoms with van der Waals surface area (Å²) < 4.78 is 5.96. The molecule has 10 heteroatoms. The van der Waals surface area contributed by atoms with Gasteiger partial charge >= 0.3 is 11.9 Å². The van der Waals surface area contributed by atoms with E-state index in [9.17, 15) is 19.5 Å². The molecule has 0 aliphatic rings. The van der Waals surface area contributed by atoms with Crippen LogP contribution in [0.2, 0.25) is 0 Å². The number of allylic oxidation sites excluding steroid dienone is 6. The zero-order chi connectivity index (χ0) is 30.5. The van der Waals surface area contributed by atoms with Crippen molar-refractivity contribution in [3.63, 3.8) is 0 Å². The molecule has 1 atom stereocenters. The Morgan fingerprint density at radius 1 is 1.02 bits per heavy atom. The Balaban J connectivity index is 1.95. The lowest BCUT2D eigenvalue weighted by Crippen LogP contribution is -2.29. The number of phenolic OH excluding ortho intramolecular Hbond substituents is 1. The van der Waals surface area contributed by atoms with Crippen LogP contribution in [0.15, 0.2) is 41.0 Å². The highest BCUT2D eigenvalue weighted by atomic mass is 32.1. The smallest absolute Gasteiger partial charge is 0.322 e. The van der Waals surface area contributed by atoms with Gasteiger partial charge in [0.1, 0.15) is 6.54 Å². The van der Waals surface area contributed by atoms with Gasteiger partial charge in [-0.15, -0.1) is 11.3 Å². The molecular weight excluding hydrogens is 544 g/mol. The number of nitrogens with one attached hydrogen (secondary N) is 1. The summed E-state index contributed by atoms with van der Waals surface area (Å²) in [6.45, 7) is 7.54. The molecule has 2 rings (SSSR count). The van der Waals surface area contributed by atoms with E-state index in [0.29, 0.717) is 28.6 Å². The van der Waals surface area contributed by atoms with E-state index in [4.69, 9.17) is 14.9 Å². The fraction of sp³-hybridized carbons (Fsp3) is 0.484. The summed E-state index contributed by atoms with van der Waals surface area (Å²) in [6.07, 6.45) is 13.2. The van der Waals surface area contributed by atoms with Crippen molar-refractivity contribution in [2.24, 2.45) is 5.92 Å². The molecule has 224 valence electrons. The van der Waals surface area contributed by atoms with E-state index in [2.05, 4.69) is 42.4 Å². The van der Waals surface area contributed by atoms with Gasteiger partial charge in [-0.05, 0) is 72.1 Å². The molecule has 1 aromatic carbocycles. The Hall–Kier alpha value is -3.66. The van der Waals surface area contributed by atoms with E-state index in [1.807, 2.05) is 6.92 Å². The number of nitrogens with zero attached hydrogens (tertiary/aromatic N) is 1. The SMILES string of the molecule is COc1cc2nc(C(=O)NCC(=O)O)sc2c(C/C=C(\C)CC/C=C(\C)CC/C=C(\C)CCC[C@H](C)C(=O)O)c1O. The van der Waals surface area contributed by atoms with Gasteiger partial charge in [-0.3, -0.25) is 14.4 Å². The lowest BCUT2D eigenvalue weighted by atomic mass is 10.0. The van der Waals surface area contributed by atoms with Crippen LogP contribution >= 0.6 is 11.3 Å². The lowest BCUT2D eigenvalue weighted by molar-refractivity contribution is -0.141. The zero-order valence-electron chi connectivity index (χ0n) is 24.6. The normalized spacial score (nSPS) is 13.3. The quantitative estimate of drug-likeness (QED) is 0.151. The average Bonchev–Trinajstić information content (AvgIpc) is 3.34. The molecule has 1 aromatic heterocycles. The van der Waals surface area contributed by atoms with Crippen molar-refractivity contribution < 1.29 is 34.4 Å². The summed E-state index contributed by atoms with van der Waals surface area (Å²) in [4.78, 5) is 38.4. The van der Waals surface area contributed by atoms with Gasteiger partial charge in [0.25, 0.3) is 5.91 Å². The Bertz CT molecular complexity index is 1320. The van der Waals surface area contributed by atoms with Crippen LogP contribution in [-0.2, 0) is 16.0 Å². The number of hydrogen-bond donors (Lipinski definition) is 4. The molecule has 0 unspecified atom stereocenters. The van der Waals surface area contributed by atoms with Gasteiger partial charge in [0.15, 0.2) is 16.5 Å². The number of methoxy groups -OCH3 is 1. The second-order valence-corrected chi connectivity index (χ2v) is 11.4. The minimum atomic E-state index is -1.14. The van der Waals surface area contributed by atoms with Crippen LogP contribution in [0.25, 0.3) is 10.2 Å². The van der Waals surface area contributed by atoms with Gasteiger partial charge in [-0.2, -0.15) is 0 Å². The number of thiazole rings is 1. The first kappa shape index (κ1) is 33.5. The number of rotatable bonds is 17. The van der Waals surface area contributed by atoms with Gasteiger partial charge < -0.3 is 25.4 Å². The predicted molar refractivity (Wildman–Crippen MR) is 162 cm³/mol. The number of carbonyl (C=O) groups excluding carboxylic acids is 1. The van der Waals surface area contributed by atoms with E-state index < -0.39 is 24.4 Å². The first-order valence-corrected chi connectivity index (χ1v) is 14.6. The van der Waals surface area contributed by atoms with Crippen molar-refractivity contribution >= 4 is 39.4 Å². The Morgan fingerprint density at radius 2 is 1.63 bits per heavy atom. The van der Waals surface area contributed by atoms with Crippen LogP contribution < -0.4 is 10.1 Å². The highest BCUT2D eigenvalue weighted by Crippen LogP contribution is 2.39. The molecule has 0 saturated carbocycles. The molecule has 1 heterocycles. The van der Waals surface area contributed by atoms with Gasteiger partial charge in [0, 0.05) is 11.6 Å². The summed E-state index contributed by atoms with van der Waals surface area (Å²) in [5, 5.41) is 31.0. The molecule has 41 heavy (non-hydrogen) atoms. The summed E-state index contributed by atoms with van der Waals surface area (Å²) in [6, 6.07) is 1.57. The summed E-state index contributed by atoms with van der Waals surface area (Å²) in [5.74, 6) is -2.49. The molecule has 0 radical (unpaired) electrons. The van der Waals surface area contributed by atoms with Crippen LogP contribution in [0.5, 0.6) is 11.5 Å². The molecule has 9 nitrogen and oxygen atoms in total. The molecule has 0 bridgehead atoms. The van der Waals surface area contributed by atoms with Crippen molar-refractivity contribution in [2.45, 2.75) is 79.1 Å². The third-order valence-electron chi connectivity index (χ3n) is 6.88. The van der Waals surface area contributed by atoms with E-state index in [1.54, 1.807) is 13.0 Å². The van der Waals surface area contributed by atoms with E-state index in [1.165, 1.54) is 23.8 Å². The number of ether oxygens (including phenoxy) is 1. The van der Waals surface area contributed by atoms with Crippen molar-refractivity contribution in [2.75, 3.05) is 13.7 Å². The minimum Gasteiger partial charge on any atom is -0.504 e. The van der Waals surface area contributed by atoms with Crippen molar-refractivity contribution in [1.29, 1.82) is 0 Å². The van der Waals surface area contributed by atoms with Crippen LogP contribution in [0.1, 0.15) is 88.0 Å². The minimum absolute atomic E-state index is 0.000629. The number of carboxylic acids is 2. The highest BCUT2D eigenvalue weighted by molar-refractivity contribution is 7.20. The standard InChI is InChI=1S/C31H42N2O7S/c1-19(9-6-10-20(2)13-8-14-22(4)31(38)39)11-7-12-21(3)15-16-23-27(36)25(40-5)17-24-28(23)41-30(33-24)29(37)32-18-26(34)35/h10-11,15,17,22,36H,6-9,12-14,16,18H2,1-5H3,(H,32,37)(H,34,35)(H,38,39)/b19-11+,20-10+,21-15+/t22-/m0/s1. The molecule has 0 spiro atoms. The number of aliphatic carboxylic acids is 2. The first-order chi connectivity index (χ1) is 19.4. The third-order valence-corrected chi connectivity index (χ3v) is 8.01. The predicted octanol–water partition coefficient (Wildman–Crippen LogP) is 6.66. The molecular formula is C31H42N2O7S. The average molecular weight is 587 g/mol. The molecule has 4 N–H and O–H groups in total. The lowest BCUT2D eigenvalue weighted by Gasteiger charge is -2.09. The maximum absolute atomic E-state index is 12.3. The molecule has 0 fully saturated rings. The van der Waals surface area contributed by atoms with Crippen LogP contribution in [0, 0.1) is 5.92 Å². The number of carbonyl (C=O) groups is 3. The van der Waals surface area contributed by atoms with E-state index in [-0.39, 0.29) is 22.4 Å². The topological polar surface area (TPSA) is 146 Å². The van der Waals surface area contributed by atoms with Crippen molar-refractivity contribution in [1.82, 2.24) is 10.3 Å². The fourth-order valence-corrected chi connectivity index (χ4v) is 5.27. The van der Waals surface area contributed by atoms with Gasteiger partial charge in [-0.25, -0.2) is 4.98 Å². The van der Waals surface area contributed by atoms with Crippen LogP contribution in [0.3, 0.4) is 0 Å². The monoisotopic (exact) mass is 586 g/mol. The molecule has 0 saturated heterocycles. The molecule has 1 amide bonds. The molecule has 0 aliphatic carbocycles. The van der Waals surface area contributed by atoms with E-state index >= 15 is 0 Å². The Morgan fingerprint density at radius 3 is 2.22 bits per heavy atom. The summed E-state index contributed by atoms with van der Waals surface area (Å²) >= 11 is 1.11. The van der Waals surface area contributed by atoms with Gasteiger partial charge in [0.05, 0.1) is 23.2 Å². The maximum Gasteiger partial charge on any atom is 0.322 e. The first-order valence-electron chi connectivity index (χ1n) is 13.8. The van der Waals surface area contributed by atoms with Gasteiger partial charge in [0.2, 0.25) is 0 Å². The maximum atomic E-state index is 12.3. The summed E-state index contributed by atoms with van der Waals surface area (Å²) in [7, 11) is 1.45. The Kier molecular flexibility index (Phi) is 13.6. The number of carboxylic acid groups (broad SMARTS) is 2. The molecule has 2 aromatic rings. The fourth-order valence-electron chi connectivity index (χ4n) is 4.25. The number of aromatic hydroxyl groups is 1. The third kappa shape index (κ3) is 11.0. The van der Waals surface area contributed by atoms with Crippen molar-refractivity contribution in [3.05, 3.63) is 51.6 Å². The largest absolute Gasteiger partial charge is 0.504 e. The number of benzene rings is 1. The second-order valence-electron chi connectivity index (χ2n) is 10.4. The van der Waals surface area contributed by atoms with E-state index in [0.717, 1.165) is 49.9 Å². The molecule has 0 aliphatic heterocycles.